The monoisotopic (exact) mass is 408 g/mol. The van der Waals surface area contributed by atoms with Crippen LogP contribution in [0.2, 0.25) is 0 Å². The van der Waals surface area contributed by atoms with Gasteiger partial charge in [-0.2, -0.15) is 0 Å². The maximum atomic E-state index is 13.2. The molecule has 0 radical (unpaired) electrons. The Bertz CT molecular complexity index is 759. The van der Waals surface area contributed by atoms with Gasteiger partial charge in [-0.15, -0.1) is 0 Å². The first-order valence-electron chi connectivity index (χ1n) is 7.95. The van der Waals surface area contributed by atoms with E-state index in [0.717, 1.165) is 11.3 Å². The molecule has 1 amide bonds. The molecule has 0 heterocycles. The maximum Gasteiger partial charge on any atom is 0.412 e. The molecule has 2 N–H and O–H groups in total. The summed E-state index contributed by atoms with van der Waals surface area (Å²) in [6.45, 7) is 7.42. The Morgan fingerprint density at radius 1 is 1.16 bits per heavy atom. The Balaban J connectivity index is 2.07. The molecule has 1 atom stereocenters. The topological polar surface area (TPSA) is 50.4 Å². The van der Waals surface area contributed by atoms with Crippen molar-refractivity contribution in [1.29, 1.82) is 0 Å². The molecule has 2 rings (SSSR count). The van der Waals surface area contributed by atoms with Gasteiger partial charge in [0.15, 0.2) is 0 Å². The first-order valence-corrected chi connectivity index (χ1v) is 8.75. The predicted octanol–water partition coefficient (Wildman–Crippen LogP) is 6.11. The SMILES string of the molecule is CC(Nc1cccc(NC(=O)OC(C)(C)C)c1)c1ccc(F)cc1Br. The molecule has 134 valence electrons. The predicted molar refractivity (Wildman–Crippen MR) is 102 cm³/mol. The zero-order chi connectivity index (χ0) is 18.6. The minimum Gasteiger partial charge on any atom is -0.444 e. The lowest BCUT2D eigenvalue weighted by Gasteiger charge is -2.20. The van der Waals surface area contributed by atoms with Crippen LogP contribution in [0.5, 0.6) is 0 Å². The van der Waals surface area contributed by atoms with Crippen molar-refractivity contribution in [2.75, 3.05) is 10.6 Å². The number of ether oxygens (including phenoxy) is 1. The molecule has 2 aromatic rings. The summed E-state index contributed by atoms with van der Waals surface area (Å²) in [6, 6.07) is 11.9. The Labute approximate surface area is 155 Å². The van der Waals surface area contributed by atoms with E-state index in [2.05, 4.69) is 26.6 Å². The van der Waals surface area contributed by atoms with Crippen LogP contribution in [0.4, 0.5) is 20.6 Å². The molecule has 0 fully saturated rings. The largest absolute Gasteiger partial charge is 0.444 e. The van der Waals surface area contributed by atoms with Crippen LogP contribution in [-0.2, 0) is 4.74 Å². The second kappa shape index (κ2) is 7.87. The number of halogens is 2. The molecule has 0 aliphatic heterocycles. The Kier molecular flexibility index (Phi) is 6.06. The zero-order valence-corrected chi connectivity index (χ0v) is 16.3. The molecule has 25 heavy (non-hydrogen) atoms. The Morgan fingerprint density at radius 3 is 2.48 bits per heavy atom. The van der Waals surface area contributed by atoms with Crippen LogP contribution in [-0.4, -0.2) is 11.7 Å². The highest BCUT2D eigenvalue weighted by Gasteiger charge is 2.16. The number of anilines is 2. The minimum absolute atomic E-state index is 0.0493. The quantitative estimate of drug-likeness (QED) is 0.641. The molecule has 0 aliphatic rings. The van der Waals surface area contributed by atoms with Crippen LogP contribution in [0.1, 0.15) is 39.3 Å². The Morgan fingerprint density at radius 2 is 1.84 bits per heavy atom. The number of benzene rings is 2. The second-order valence-electron chi connectivity index (χ2n) is 6.74. The molecular formula is C19H22BrFN2O2. The maximum absolute atomic E-state index is 13.2. The van der Waals surface area contributed by atoms with E-state index in [4.69, 9.17) is 4.74 Å². The van der Waals surface area contributed by atoms with Gasteiger partial charge in [0.25, 0.3) is 0 Å². The van der Waals surface area contributed by atoms with Gasteiger partial charge < -0.3 is 10.1 Å². The summed E-state index contributed by atoms with van der Waals surface area (Å²) < 4.78 is 19.2. The Hall–Kier alpha value is -2.08. The molecule has 0 spiro atoms. The van der Waals surface area contributed by atoms with Crippen molar-refractivity contribution in [2.45, 2.75) is 39.3 Å². The average Bonchev–Trinajstić information content (AvgIpc) is 2.45. The molecule has 6 heteroatoms. The standard InChI is InChI=1S/C19H22BrFN2O2/c1-12(16-9-8-13(21)10-17(16)20)22-14-6-5-7-15(11-14)23-18(24)25-19(2,3)4/h5-12,22H,1-4H3,(H,23,24). The normalized spacial score (nSPS) is 12.4. The van der Waals surface area contributed by atoms with E-state index >= 15 is 0 Å². The van der Waals surface area contributed by atoms with E-state index in [1.807, 2.05) is 45.9 Å². The highest BCUT2D eigenvalue weighted by Crippen LogP contribution is 2.28. The van der Waals surface area contributed by atoms with E-state index in [-0.39, 0.29) is 11.9 Å². The van der Waals surface area contributed by atoms with Crippen LogP contribution in [0, 0.1) is 5.82 Å². The summed E-state index contributed by atoms with van der Waals surface area (Å²) in [5.41, 5.74) is 1.84. The van der Waals surface area contributed by atoms with E-state index in [9.17, 15) is 9.18 Å². The molecule has 2 aromatic carbocycles. The van der Waals surface area contributed by atoms with Gasteiger partial charge in [0, 0.05) is 21.9 Å². The zero-order valence-electron chi connectivity index (χ0n) is 14.7. The van der Waals surface area contributed by atoms with Crippen molar-refractivity contribution in [2.24, 2.45) is 0 Å². The molecule has 4 nitrogen and oxygen atoms in total. The second-order valence-corrected chi connectivity index (χ2v) is 7.59. The number of rotatable bonds is 4. The lowest BCUT2D eigenvalue weighted by atomic mass is 10.1. The highest BCUT2D eigenvalue weighted by molar-refractivity contribution is 9.10. The summed E-state index contributed by atoms with van der Waals surface area (Å²) in [6.07, 6.45) is -0.501. The number of amides is 1. The average molecular weight is 409 g/mol. The third-order valence-corrected chi connectivity index (χ3v) is 4.01. The number of hydrogen-bond acceptors (Lipinski definition) is 3. The third-order valence-electron chi connectivity index (χ3n) is 3.32. The van der Waals surface area contributed by atoms with Gasteiger partial charge in [-0.1, -0.05) is 28.1 Å². The van der Waals surface area contributed by atoms with Crippen molar-refractivity contribution in [3.8, 4) is 0 Å². The van der Waals surface area contributed by atoms with Crippen LogP contribution in [0.25, 0.3) is 0 Å². The van der Waals surface area contributed by atoms with Gasteiger partial charge in [0.2, 0.25) is 0 Å². The van der Waals surface area contributed by atoms with E-state index in [0.29, 0.717) is 10.2 Å². The van der Waals surface area contributed by atoms with Gasteiger partial charge in [0.1, 0.15) is 11.4 Å². The van der Waals surface area contributed by atoms with Crippen molar-refractivity contribution in [1.82, 2.24) is 0 Å². The lowest BCUT2D eigenvalue weighted by Crippen LogP contribution is -2.27. The van der Waals surface area contributed by atoms with Gasteiger partial charge >= 0.3 is 6.09 Å². The van der Waals surface area contributed by atoms with Crippen molar-refractivity contribution in [3.05, 3.63) is 58.3 Å². The molecular weight excluding hydrogens is 387 g/mol. The fourth-order valence-electron chi connectivity index (χ4n) is 2.29. The van der Waals surface area contributed by atoms with Crippen LogP contribution in [0.15, 0.2) is 46.9 Å². The summed E-state index contributed by atoms with van der Waals surface area (Å²) >= 11 is 3.38. The molecule has 1 unspecified atom stereocenters. The van der Waals surface area contributed by atoms with Gasteiger partial charge in [0.05, 0.1) is 0 Å². The first-order chi connectivity index (χ1) is 11.6. The smallest absolute Gasteiger partial charge is 0.412 e. The van der Waals surface area contributed by atoms with Crippen molar-refractivity contribution < 1.29 is 13.9 Å². The van der Waals surface area contributed by atoms with E-state index < -0.39 is 11.7 Å². The fraction of sp³-hybridized carbons (Fsp3) is 0.316. The van der Waals surface area contributed by atoms with Crippen LogP contribution in [0.3, 0.4) is 0 Å². The van der Waals surface area contributed by atoms with E-state index in [1.165, 1.54) is 12.1 Å². The van der Waals surface area contributed by atoms with Crippen molar-refractivity contribution >= 4 is 33.4 Å². The van der Waals surface area contributed by atoms with Crippen molar-refractivity contribution in [3.63, 3.8) is 0 Å². The van der Waals surface area contributed by atoms with E-state index in [1.54, 1.807) is 12.1 Å². The molecule has 0 aliphatic carbocycles. The highest BCUT2D eigenvalue weighted by atomic mass is 79.9. The van der Waals surface area contributed by atoms with Gasteiger partial charge in [-0.25, -0.2) is 9.18 Å². The molecule has 0 saturated heterocycles. The minimum atomic E-state index is -0.552. The number of carbonyl (C=O) groups is 1. The van der Waals surface area contributed by atoms with Crippen LogP contribution >= 0.6 is 15.9 Å². The fourth-order valence-corrected chi connectivity index (χ4v) is 2.98. The number of hydrogen-bond donors (Lipinski definition) is 2. The summed E-state index contributed by atoms with van der Waals surface area (Å²) in [5, 5.41) is 6.05. The number of nitrogens with one attached hydrogen (secondary N) is 2. The third kappa shape index (κ3) is 6.05. The van der Waals surface area contributed by atoms with Crippen LogP contribution < -0.4 is 10.6 Å². The first kappa shape index (κ1) is 19.2. The summed E-state index contributed by atoms with van der Waals surface area (Å²) in [5.74, 6) is -0.286. The summed E-state index contributed by atoms with van der Waals surface area (Å²) in [4.78, 5) is 11.9. The van der Waals surface area contributed by atoms with Gasteiger partial charge in [-0.05, 0) is 63.6 Å². The molecule has 0 aromatic heterocycles. The molecule has 0 saturated carbocycles. The number of carbonyl (C=O) groups excluding carboxylic acids is 1. The molecule has 0 bridgehead atoms. The lowest BCUT2D eigenvalue weighted by molar-refractivity contribution is 0.0636. The van der Waals surface area contributed by atoms with Gasteiger partial charge in [-0.3, -0.25) is 5.32 Å². The summed E-state index contributed by atoms with van der Waals surface area (Å²) in [7, 11) is 0.